The standard InChI is InChI=1S/C14H19NO/c1-10-5-4-8-12(9-10)13(14(15)16)11-6-2-3-7-11/h4-5,8-9,11,13H,2-3,6-7H2,1H3,(H2,15,16). The molecule has 1 fully saturated rings. The Morgan fingerprint density at radius 3 is 2.62 bits per heavy atom. The zero-order chi connectivity index (χ0) is 11.5. The van der Waals surface area contributed by atoms with Crippen LogP contribution in [0.15, 0.2) is 24.3 Å². The molecule has 0 aliphatic heterocycles. The number of carbonyl (C=O) groups is 1. The van der Waals surface area contributed by atoms with Crippen LogP contribution >= 0.6 is 0 Å². The quantitative estimate of drug-likeness (QED) is 0.831. The van der Waals surface area contributed by atoms with Crippen LogP contribution in [0, 0.1) is 12.8 Å². The molecule has 0 radical (unpaired) electrons. The van der Waals surface area contributed by atoms with Gasteiger partial charge < -0.3 is 5.73 Å². The summed E-state index contributed by atoms with van der Waals surface area (Å²) in [5, 5.41) is 0. The molecule has 1 atom stereocenters. The maximum absolute atomic E-state index is 11.6. The molecule has 16 heavy (non-hydrogen) atoms. The van der Waals surface area contributed by atoms with E-state index < -0.39 is 0 Å². The number of benzene rings is 1. The average Bonchev–Trinajstić information content (AvgIpc) is 2.71. The van der Waals surface area contributed by atoms with E-state index in [9.17, 15) is 4.79 Å². The second kappa shape index (κ2) is 4.69. The lowest BCUT2D eigenvalue weighted by atomic mass is 9.84. The Hall–Kier alpha value is -1.31. The Morgan fingerprint density at radius 1 is 1.38 bits per heavy atom. The summed E-state index contributed by atoms with van der Waals surface area (Å²) < 4.78 is 0. The van der Waals surface area contributed by atoms with Crippen LogP contribution in [0.2, 0.25) is 0 Å². The number of primary amides is 1. The van der Waals surface area contributed by atoms with Crippen molar-refractivity contribution < 1.29 is 4.79 Å². The third-order valence-electron chi connectivity index (χ3n) is 3.58. The fourth-order valence-electron chi connectivity index (χ4n) is 2.82. The van der Waals surface area contributed by atoms with Gasteiger partial charge in [0.15, 0.2) is 0 Å². The van der Waals surface area contributed by atoms with Gasteiger partial charge in [-0.15, -0.1) is 0 Å². The van der Waals surface area contributed by atoms with Gasteiger partial charge in [-0.2, -0.15) is 0 Å². The van der Waals surface area contributed by atoms with Gasteiger partial charge in [0.1, 0.15) is 0 Å². The van der Waals surface area contributed by atoms with E-state index in [-0.39, 0.29) is 11.8 Å². The van der Waals surface area contributed by atoms with E-state index in [4.69, 9.17) is 5.73 Å². The molecule has 1 aromatic rings. The van der Waals surface area contributed by atoms with Crippen molar-refractivity contribution in [2.45, 2.75) is 38.5 Å². The van der Waals surface area contributed by atoms with E-state index in [0.29, 0.717) is 5.92 Å². The second-order valence-electron chi connectivity index (χ2n) is 4.84. The molecule has 0 heterocycles. The Bertz CT molecular complexity index is 380. The summed E-state index contributed by atoms with van der Waals surface area (Å²) in [5.74, 6) is 0.208. The molecular weight excluding hydrogens is 198 g/mol. The Morgan fingerprint density at radius 2 is 2.06 bits per heavy atom. The van der Waals surface area contributed by atoms with Gasteiger partial charge in [0, 0.05) is 0 Å². The smallest absolute Gasteiger partial charge is 0.225 e. The highest BCUT2D eigenvalue weighted by molar-refractivity contribution is 5.82. The molecule has 86 valence electrons. The Kier molecular flexibility index (Phi) is 3.28. The molecule has 1 saturated carbocycles. The summed E-state index contributed by atoms with van der Waals surface area (Å²) in [6.45, 7) is 2.05. The van der Waals surface area contributed by atoms with Crippen molar-refractivity contribution in [3.63, 3.8) is 0 Å². The number of carbonyl (C=O) groups excluding carboxylic acids is 1. The van der Waals surface area contributed by atoms with Crippen LogP contribution in [0.3, 0.4) is 0 Å². The SMILES string of the molecule is Cc1cccc(C(C(N)=O)C2CCCC2)c1. The van der Waals surface area contributed by atoms with Crippen LogP contribution in [0.25, 0.3) is 0 Å². The Labute approximate surface area is 96.8 Å². The maximum Gasteiger partial charge on any atom is 0.225 e. The zero-order valence-corrected chi connectivity index (χ0v) is 9.78. The predicted molar refractivity (Wildman–Crippen MR) is 65.1 cm³/mol. The molecule has 1 aliphatic rings. The number of hydrogen-bond acceptors (Lipinski definition) is 1. The number of rotatable bonds is 3. The first-order valence-electron chi connectivity index (χ1n) is 6.04. The summed E-state index contributed by atoms with van der Waals surface area (Å²) >= 11 is 0. The van der Waals surface area contributed by atoms with E-state index in [1.165, 1.54) is 18.4 Å². The molecule has 1 unspecified atom stereocenters. The average molecular weight is 217 g/mol. The lowest BCUT2D eigenvalue weighted by Crippen LogP contribution is -2.26. The van der Waals surface area contributed by atoms with Crippen LogP contribution in [0.1, 0.15) is 42.7 Å². The highest BCUT2D eigenvalue weighted by Crippen LogP contribution is 2.37. The number of amides is 1. The van der Waals surface area contributed by atoms with Gasteiger partial charge in [-0.3, -0.25) is 4.79 Å². The molecule has 2 N–H and O–H groups in total. The van der Waals surface area contributed by atoms with Crippen molar-refractivity contribution in [1.29, 1.82) is 0 Å². The molecule has 0 saturated heterocycles. The molecule has 2 rings (SSSR count). The molecule has 0 bridgehead atoms. The molecule has 0 aromatic heterocycles. The number of aryl methyl sites for hydroxylation is 1. The molecule has 2 nitrogen and oxygen atoms in total. The second-order valence-corrected chi connectivity index (χ2v) is 4.84. The van der Waals surface area contributed by atoms with E-state index in [1.807, 2.05) is 12.1 Å². The fourth-order valence-corrected chi connectivity index (χ4v) is 2.82. The number of nitrogens with two attached hydrogens (primary N) is 1. The van der Waals surface area contributed by atoms with Crippen LogP contribution in [0.5, 0.6) is 0 Å². The van der Waals surface area contributed by atoms with Gasteiger partial charge in [-0.05, 0) is 31.2 Å². The van der Waals surface area contributed by atoms with Gasteiger partial charge in [-0.1, -0.05) is 42.7 Å². The summed E-state index contributed by atoms with van der Waals surface area (Å²) in [6.07, 6.45) is 4.75. The minimum Gasteiger partial charge on any atom is -0.369 e. The highest BCUT2D eigenvalue weighted by atomic mass is 16.1. The van der Waals surface area contributed by atoms with Crippen molar-refractivity contribution in [2.24, 2.45) is 11.7 Å². The molecule has 1 aliphatic carbocycles. The minimum atomic E-state index is -0.169. The minimum absolute atomic E-state index is 0.0811. The normalized spacial score (nSPS) is 18.6. The van der Waals surface area contributed by atoms with Gasteiger partial charge in [0.2, 0.25) is 5.91 Å². The highest BCUT2D eigenvalue weighted by Gasteiger charge is 2.30. The summed E-state index contributed by atoms with van der Waals surface area (Å²) in [7, 11) is 0. The lowest BCUT2D eigenvalue weighted by Gasteiger charge is -2.20. The number of hydrogen-bond donors (Lipinski definition) is 1. The van der Waals surface area contributed by atoms with Crippen LogP contribution in [-0.4, -0.2) is 5.91 Å². The van der Waals surface area contributed by atoms with Crippen molar-refractivity contribution >= 4 is 5.91 Å². The van der Waals surface area contributed by atoms with Crippen LogP contribution in [0.4, 0.5) is 0 Å². The third kappa shape index (κ3) is 2.26. The van der Waals surface area contributed by atoms with E-state index in [2.05, 4.69) is 19.1 Å². The van der Waals surface area contributed by atoms with Crippen molar-refractivity contribution in [3.8, 4) is 0 Å². The zero-order valence-electron chi connectivity index (χ0n) is 9.78. The maximum atomic E-state index is 11.6. The van der Waals surface area contributed by atoms with Gasteiger partial charge in [-0.25, -0.2) is 0 Å². The largest absolute Gasteiger partial charge is 0.369 e. The summed E-state index contributed by atoms with van der Waals surface area (Å²) in [6, 6.07) is 8.18. The van der Waals surface area contributed by atoms with Crippen LogP contribution < -0.4 is 5.73 Å². The Balaban J connectivity index is 2.28. The predicted octanol–water partition coefficient (Wildman–Crippen LogP) is 2.75. The molecule has 2 heteroatoms. The fraction of sp³-hybridized carbons (Fsp3) is 0.500. The van der Waals surface area contributed by atoms with Gasteiger partial charge >= 0.3 is 0 Å². The summed E-state index contributed by atoms with van der Waals surface area (Å²) in [4.78, 5) is 11.6. The molecular formula is C14H19NO. The lowest BCUT2D eigenvalue weighted by molar-refractivity contribution is -0.120. The first-order chi connectivity index (χ1) is 7.68. The van der Waals surface area contributed by atoms with Gasteiger partial charge in [0.05, 0.1) is 5.92 Å². The van der Waals surface area contributed by atoms with Gasteiger partial charge in [0.25, 0.3) is 0 Å². The topological polar surface area (TPSA) is 43.1 Å². The van der Waals surface area contributed by atoms with Crippen LogP contribution in [-0.2, 0) is 4.79 Å². The third-order valence-corrected chi connectivity index (χ3v) is 3.58. The van der Waals surface area contributed by atoms with E-state index >= 15 is 0 Å². The molecule has 0 spiro atoms. The van der Waals surface area contributed by atoms with Crippen molar-refractivity contribution in [1.82, 2.24) is 0 Å². The first kappa shape index (κ1) is 11.2. The summed E-state index contributed by atoms with van der Waals surface area (Å²) in [5.41, 5.74) is 7.85. The van der Waals surface area contributed by atoms with Crippen molar-refractivity contribution in [2.75, 3.05) is 0 Å². The van der Waals surface area contributed by atoms with E-state index in [1.54, 1.807) is 0 Å². The molecule has 1 aromatic carbocycles. The first-order valence-corrected chi connectivity index (χ1v) is 6.04. The monoisotopic (exact) mass is 217 g/mol. The molecule has 1 amide bonds. The van der Waals surface area contributed by atoms with E-state index in [0.717, 1.165) is 18.4 Å². The van der Waals surface area contributed by atoms with Crippen molar-refractivity contribution in [3.05, 3.63) is 35.4 Å².